The summed E-state index contributed by atoms with van der Waals surface area (Å²) in [6.45, 7) is 1.72. The number of nitrogens with zero attached hydrogens (tertiary/aromatic N) is 3. The molecule has 1 saturated heterocycles. The zero-order chi connectivity index (χ0) is 17.0. The lowest BCUT2D eigenvalue weighted by Crippen LogP contribution is -2.27. The molecular formula is C16H20N4O3S. The molecule has 3 rings (SSSR count). The van der Waals surface area contributed by atoms with Gasteiger partial charge in [-0.3, -0.25) is 0 Å². The largest absolute Gasteiger partial charge is 0.481 e. The van der Waals surface area contributed by atoms with Crippen LogP contribution in [0.3, 0.4) is 0 Å². The molecule has 1 aliphatic heterocycles. The van der Waals surface area contributed by atoms with E-state index in [2.05, 4.69) is 15.3 Å². The van der Waals surface area contributed by atoms with Gasteiger partial charge in [0.2, 0.25) is 15.9 Å². The second kappa shape index (κ2) is 7.14. The Balaban J connectivity index is 1.66. The highest BCUT2D eigenvalue weighted by atomic mass is 32.2. The third-order valence-corrected chi connectivity index (χ3v) is 5.80. The smallest absolute Gasteiger partial charge is 0.244 e. The van der Waals surface area contributed by atoms with Crippen LogP contribution in [-0.4, -0.2) is 42.9 Å². The summed E-state index contributed by atoms with van der Waals surface area (Å²) in [6.07, 6.45) is 4.92. The van der Waals surface area contributed by atoms with Crippen LogP contribution in [0.4, 0.5) is 5.82 Å². The lowest BCUT2D eigenvalue weighted by Gasteiger charge is -2.15. The van der Waals surface area contributed by atoms with Crippen molar-refractivity contribution in [3.05, 3.63) is 42.2 Å². The first kappa shape index (κ1) is 16.7. The lowest BCUT2D eigenvalue weighted by atomic mass is 10.2. The van der Waals surface area contributed by atoms with Gasteiger partial charge in [0.1, 0.15) is 10.7 Å². The maximum Gasteiger partial charge on any atom is 0.244 e. The summed E-state index contributed by atoms with van der Waals surface area (Å²) in [4.78, 5) is 8.50. The van der Waals surface area contributed by atoms with E-state index < -0.39 is 10.0 Å². The molecule has 0 amide bonds. The standard InChI is InChI=1S/C16H20N4O3S/c1-23-16-10-13(6-7-17-16)11-18-15-5-4-14(12-19-15)24(21,22)20-8-2-3-9-20/h4-7,10,12H,2-3,8-9,11H2,1H3,(H,18,19). The average Bonchev–Trinajstić information content (AvgIpc) is 3.16. The number of pyridine rings is 2. The van der Waals surface area contributed by atoms with E-state index in [4.69, 9.17) is 4.74 Å². The summed E-state index contributed by atoms with van der Waals surface area (Å²) < 4.78 is 31.5. The van der Waals surface area contributed by atoms with Gasteiger partial charge in [-0.15, -0.1) is 0 Å². The Labute approximate surface area is 141 Å². The van der Waals surface area contributed by atoms with Crippen LogP contribution >= 0.6 is 0 Å². The van der Waals surface area contributed by atoms with Gasteiger partial charge < -0.3 is 10.1 Å². The molecular weight excluding hydrogens is 328 g/mol. The molecule has 0 saturated carbocycles. The number of anilines is 1. The molecule has 0 radical (unpaired) electrons. The van der Waals surface area contributed by atoms with Crippen LogP contribution in [0.5, 0.6) is 5.88 Å². The van der Waals surface area contributed by atoms with Crippen molar-refractivity contribution in [2.24, 2.45) is 0 Å². The van der Waals surface area contributed by atoms with Crippen LogP contribution < -0.4 is 10.1 Å². The van der Waals surface area contributed by atoms with Crippen molar-refractivity contribution >= 4 is 15.8 Å². The predicted molar refractivity (Wildman–Crippen MR) is 90.3 cm³/mol. The van der Waals surface area contributed by atoms with Crippen LogP contribution in [0.1, 0.15) is 18.4 Å². The third kappa shape index (κ3) is 3.65. The van der Waals surface area contributed by atoms with Gasteiger partial charge in [0, 0.05) is 38.1 Å². The van der Waals surface area contributed by atoms with E-state index in [0.29, 0.717) is 31.3 Å². The summed E-state index contributed by atoms with van der Waals surface area (Å²) in [5.74, 6) is 1.17. The topological polar surface area (TPSA) is 84.4 Å². The third-order valence-electron chi connectivity index (χ3n) is 3.92. The zero-order valence-corrected chi connectivity index (χ0v) is 14.3. The van der Waals surface area contributed by atoms with Crippen molar-refractivity contribution in [2.75, 3.05) is 25.5 Å². The molecule has 0 spiro atoms. The molecule has 0 unspecified atom stereocenters. The molecule has 0 bridgehead atoms. The highest BCUT2D eigenvalue weighted by Gasteiger charge is 2.27. The van der Waals surface area contributed by atoms with Crippen molar-refractivity contribution < 1.29 is 13.2 Å². The minimum Gasteiger partial charge on any atom is -0.481 e. The fraction of sp³-hybridized carbons (Fsp3) is 0.375. The molecule has 7 nitrogen and oxygen atoms in total. The molecule has 0 atom stereocenters. The second-order valence-electron chi connectivity index (χ2n) is 5.55. The van der Waals surface area contributed by atoms with Crippen molar-refractivity contribution in [3.8, 4) is 5.88 Å². The Morgan fingerprint density at radius 3 is 2.67 bits per heavy atom. The van der Waals surface area contributed by atoms with Gasteiger partial charge in [0.25, 0.3) is 0 Å². The van der Waals surface area contributed by atoms with Crippen molar-refractivity contribution in [2.45, 2.75) is 24.3 Å². The molecule has 0 aliphatic carbocycles. The fourth-order valence-corrected chi connectivity index (χ4v) is 4.04. The number of rotatable bonds is 6. The monoisotopic (exact) mass is 348 g/mol. The first-order valence-corrected chi connectivity index (χ1v) is 9.22. The Morgan fingerprint density at radius 1 is 1.21 bits per heavy atom. The molecule has 0 aromatic carbocycles. The Bertz CT molecular complexity index is 787. The van der Waals surface area contributed by atoms with Gasteiger partial charge >= 0.3 is 0 Å². The number of aromatic nitrogens is 2. The number of methoxy groups -OCH3 is 1. The normalized spacial score (nSPS) is 15.4. The van der Waals surface area contributed by atoms with E-state index >= 15 is 0 Å². The molecule has 24 heavy (non-hydrogen) atoms. The lowest BCUT2D eigenvalue weighted by molar-refractivity contribution is 0.397. The number of hydrogen-bond donors (Lipinski definition) is 1. The summed E-state index contributed by atoms with van der Waals surface area (Å²) in [5.41, 5.74) is 0.998. The van der Waals surface area contributed by atoms with E-state index in [-0.39, 0.29) is 4.90 Å². The van der Waals surface area contributed by atoms with E-state index in [9.17, 15) is 8.42 Å². The number of nitrogens with one attached hydrogen (secondary N) is 1. The van der Waals surface area contributed by atoms with E-state index in [1.165, 1.54) is 10.5 Å². The van der Waals surface area contributed by atoms with Gasteiger partial charge in [-0.2, -0.15) is 4.31 Å². The first-order valence-electron chi connectivity index (χ1n) is 7.78. The fourth-order valence-electron chi connectivity index (χ4n) is 2.58. The minimum atomic E-state index is -3.41. The summed E-state index contributed by atoms with van der Waals surface area (Å²) in [6, 6.07) is 6.98. The van der Waals surface area contributed by atoms with Crippen LogP contribution in [0.25, 0.3) is 0 Å². The second-order valence-corrected chi connectivity index (χ2v) is 7.49. The summed E-state index contributed by atoms with van der Waals surface area (Å²) in [7, 11) is -1.84. The maximum atomic E-state index is 12.4. The van der Waals surface area contributed by atoms with Gasteiger partial charge in [-0.25, -0.2) is 18.4 Å². The van der Waals surface area contributed by atoms with Crippen molar-refractivity contribution in [1.82, 2.24) is 14.3 Å². The van der Waals surface area contributed by atoms with Crippen molar-refractivity contribution in [3.63, 3.8) is 0 Å². The molecule has 3 heterocycles. The SMILES string of the molecule is COc1cc(CNc2ccc(S(=O)(=O)N3CCCC3)cn2)ccn1. The van der Waals surface area contributed by atoms with Crippen LogP contribution in [-0.2, 0) is 16.6 Å². The number of ether oxygens (including phenoxy) is 1. The molecule has 1 fully saturated rings. The molecule has 1 N–H and O–H groups in total. The first-order chi connectivity index (χ1) is 11.6. The van der Waals surface area contributed by atoms with E-state index in [1.54, 1.807) is 25.4 Å². The van der Waals surface area contributed by atoms with E-state index in [0.717, 1.165) is 18.4 Å². The molecule has 2 aromatic rings. The maximum absolute atomic E-state index is 12.4. The number of hydrogen-bond acceptors (Lipinski definition) is 6. The summed E-state index contributed by atoms with van der Waals surface area (Å²) in [5, 5.41) is 3.16. The Kier molecular flexibility index (Phi) is 4.96. The average molecular weight is 348 g/mol. The van der Waals surface area contributed by atoms with Gasteiger partial charge in [-0.1, -0.05) is 0 Å². The van der Waals surface area contributed by atoms with E-state index in [1.807, 2.05) is 12.1 Å². The Hall–Kier alpha value is -2.19. The molecule has 8 heteroatoms. The van der Waals surface area contributed by atoms with Crippen LogP contribution in [0.2, 0.25) is 0 Å². The molecule has 2 aromatic heterocycles. The zero-order valence-electron chi connectivity index (χ0n) is 13.5. The molecule has 1 aliphatic rings. The van der Waals surface area contributed by atoms with Crippen molar-refractivity contribution in [1.29, 1.82) is 0 Å². The number of sulfonamides is 1. The highest BCUT2D eigenvalue weighted by Crippen LogP contribution is 2.21. The molecule has 128 valence electrons. The quantitative estimate of drug-likeness (QED) is 0.858. The summed E-state index contributed by atoms with van der Waals surface area (Å²) >= 11 is 0. The van der Waals surface area contributed by atoms with Crippen LogP contribution in [0, 0.1) is 0 Å². The minimum absolute atomic E-state index is 0.237. The van der Waals surface area contributed by atoms with Gasteiger partial charge in [-0.05, 0) is 36.6 Å². The predicted octanol–water partition coefficient (Wildman–Crippen LogP) is 1.88. The Morgan fingerprint density at radius 2 is 2.00 bits per heavy atom. The van der Waals surface area contributed by atoms with Gasteiger partial charge in [0.05, 0.1) is 7.11 Å². The van der Waals surface area contributed by atoms with Crippen LogP contribution in [0.15, 0.2) is 41.6 Å². The van der Waals surface area contributed by atoms with Gasteiger partial charge in [0.15, 0.2) is 0 Å². The highest BCUT2D eigenvalue weighted by molar-refractivity contribution is 7.89.